The number of fused-ring (bicyclic) bond motifs is 1. The molecule has 2 fully saturated rings. The number of carbonyl (C=O) groups is 3. The molecule has 168 valence electrons. The molecule has 0 bridgehead atoms. The summed E-state index contributed by atoms with van der Waals surface area (Å²) >= 11 is 6.14. The van der Waals surface area contributed by atoms with Crippen LogP contribution in [0.5, 0.6) is 5.75 Å². The quantitative estimate of drug-likeness (QED) is 0.467. The van der Waals surface area contributed by atoms with Crippen molar-refractivity contribution in [2.45, 2.75) is 25.8 Å². The van der Waals surface area contributed by atoms with Gasteiger partial charge in [0.2, 0.25) is 17.7 Å². The lowest BCUT2D eigenvalue weighted by atomic mass is 9.81. The molecule has 4 rings (SSSR count). The molecule has 5 N–H and O–H groups in total. The molecular formula is C22H24ClN5O4. The van der Waals surface area contributed by atoms with Crippen LogP contribution in [0.2, 0.25) is 5.02 Å². The average molecular weight is 458 g/mol. The zero-order chi connectivity index (χ0) is 22.8. The monoisotopic (exact) mass is 457 g/mol. The Morgan fingerprint density at radius 2 is 1.88 bits per heavy atom. The number of nitrogens with one attached hydrogen (secondary N) is 5. The topological polar surface area (TPSA) is 121 Å². The number of hydrogen-bond donors (Lipinski definition) is 5. The summed E-state index contributed by atoms with van der Waals surface area (Å²) in [5.74, 6) is -1.93. The Morgan fingerprint density at radius 3 is 2.59 bits per heavy atom. The molecule has 0 aromatic heterocycles. The second kappa shape index (κ2) is 9.05. The van der Waals surface area contributed by atoms with Crippen LogP contribution in [-0.4, -0.2) is 37.3 Å². The van der Waals surface area contributed by atoms with E-state index in [0.717, 1.165) is 5.69 Å². The molecule has 4 atom stereocenters. The predicted octanol–water partition coefficient (Wildman–Crippen LogP) is 1.79. The molecule has 2 aromatic carbocycles. The highest BCUT2D eigenvalue weighted by molar-refractivity contribution is 6.31. The first-order chi connectivity index (χ1) is 15.4. The van der Waals surface area contributed by atoms with E-state index in [1.165, 1.54) is 0 Å². The summed E-state index contributed by atoms with van der Waals surface area (Å²) in [6.45, 7) is 1.79. The van der Waals surface area contributed by atoms with E-state index in [1.54, 1.807) is 44.4 Å². The molecule has 2 aliphatic heterocycles. The van der Waals surface area contributed by atoms with Crippen LogP contribution in [0, 0.1) is 18.8 Å². The van der Waals surface area contributed by atoms with Gasteiger partial charge in [0.15, 0.2) is 6.29 Å². The third kappa shape index (κ3) is 4.49. The Kier molecular flexibility index (Phi) is 6.20. The summed E-state index contributed by atoms with van der Waals surface area (Å²) in [6.07, 6.45) is -1.41. The first-order valence-electron chi connectivity index (χ1n) is 10.2. The number of anilines is 2. The van der Waals surface area contributed by atoms with Gasteiger partial charge in [-0.15, -0.1) is 0 Å². The number of ether oxygens (including phenoxy) is 1. The van der Waals surface area contributed by atoms with Gasteiger partial charge in [-0.05, 0) is 48.9 Å². The minimum absolute atomic E-state index is 0.0850. The van der Waals surface area contributed by atoms with Gasteiger partial charge in [0.1, 0.15) is 5.75 Å². The molecule has 2 saturated heterocycles. The van der Waals surface area contributed by atoms with Crippen molar-refractivity contribution in [3.63, 3.8) is 0 Å². The van der Waals surface area contributed by atoms with Crippen molar-refractivity contribution < 1.29 is 19.1 Å². The average Bonchev–Trinajstić information content (AvgIpc) is 2.76. The van der Waals surface area contributed by atoms with Gasteiger partial charge in [-0.2, -0.15) is 0 Å². The highest BCUT2D eigenvalue weighted by Gasteiger charge is 2.48. The number of rotatable bonds is 5. The molecule has 4 unspecified atom stereocenters. The van der Waals surface area contributed by atoms with Crippen molar-refractivity contribution >= 4 is 40.7 Å². The summed E-state index contributed by atoms with van der Waals surface area (Å²) in [5, 5.41) is 15.2. The first kappa shape index (κ1) is 21.9. The number of benzene rings is 2. The Labute approximate surface area is 190 Å². The van der Waals surface area contributed by atoms with E-state index in [2.05, 4.69) is 26.6 Å². The highest BCUT2D eigenvalue weighted by atomic mass is 35.5. The van der Waals surface area contributed by atoms with E-state index in [1.807, 2.05) is 12.1 Å². The van der Waals surface area contributed by atoms with Crippen molar-refractivity contribution in [1.29, 1.82) is 0 Å². The predicted molar refractivity (Wildman–Crippen MR) is 120 cm³/mol. The van der Waals surface area contributed by atoms with Crippen LogP contribution in [0.4, 0.5) is 11.4 Å². The van der Waals surface area contributed by atoms with Crippen molar-refractivity contribution in [3.8, 4) is 5.75 Å². The molecule has 3 amide bonds. The SMILES string of the molecule is COc1ccc(NC2NC(=O)C3C(NC(=O)CC3C(=O)Nc3cccc(Cl)c3C)N2)cc1. The zero-order valence-electron chi connectivity index (χ0n) is 17.6. The van der Waals surface area contributed by atoms with Gasteiger partial charge in [-0.25, -0.2) is 0 Å². The molecular weight excluding hydrogens is 434 g/mol. The maximum absolute atomic E-state index is 13.0. The summed E-state index contributed by atoms with van der Waals surface area (Å²) in [7, 11) is 1.58. The van der Waals surface area contributed by atoms with Crippen LogP contribution in [0.3, 0.4) is 0 Å². The fraction of sp³-hybridized carbons (Fsp3) is 0.318. The fourth-order valence-corrected chi connectivity index (χ4v) is 4.15. The van der Waals surface area contributed by atoms with Crippen molar-refractivity contribution in [2.75, 3.05) is 17.7 Å². The van der Waals surface area contributed by atoms with Crippen LogP contribution in [0.1, 0.15) is 12.0 Å². The van der Waals surface area contributed by atoms with Gasteiger partial charge in [0, 0.05) is 22.8 Å². The summed E-state index contributed by atoms with van der Waals surface area (Å²) in [6, 6.07) is 12.4. The van der Waals surface area contributed by atoms with Gasteiger partial charge < -0.3 is 26.0 Å². The van der Waals surface area contributed by atoms with Crippen LogP contribution in [0.25, 0.3) is 0 Å². The van der Waals surface area contributed by atoms with Gasteiger partial charge in [-0.3, -0.25) is 19.7 Å². The zero-order valence-corrected chi connectivity index (χ0v) is 18.3. The third-order valence-corrected chi connectivity index (χ3v) is 6.12. The molecule has 2 aliphatic rings. The molecule has 0 aliphatic carbocycles. The van der Waals surface area contributed by atoms with E-state index in [0.29, 0.717) is 22.0 Å². The van der Waals surface area contributed by atoms with Crippen molar-refractivity contribution in [1.82, 2.24) is 16.0 Å². The number of amides is 3. The Morgan fingerprint density at radius 1 is 1.12 bits per heavy atom. The fourth-order valence-electron chi connectivity index (χ4n) is 3.98. The van der Waals surface area contributed by atoms with Crippen LogP contribution >= 0.6 is 11.6 Å². The second-order valence-electron chi connectivity index (χ2n) is 7.76. The minimum Gasteiger partial charge on any atom is -0.497 e. The molecule has 0 spiro atoms. The largest absolute Gasteiger partial charge is 0.497 e. The van der Waals surface area contributed by atoms with Crippen LogP contribution in [-0.2, 0) is 14.4 Å². The Bertz CT molecular complexity index is 1050. The van der Waals surface area contributed by atoms with E-state index in [9.17, 15) is 14.4 Å². The standard InChI is InChI=1S/C22H24ClN5O4/c1-11-15(23)4-3-5-16(11)25-20(30)14-10-17(29)26-19-18(14)21(31)28-22(27-19)24-12-6-8-13(32-2)9-7-12/h3-9,14,18-19,22,24,27H,10H2,1-2H3,(H,25,30)(H,26,29)(H,28,31). The third-order valence-electron chi connectivity index (χ3n) is 5.71. The second-order valence-corrected chi connectivity index (χ2v) is 8.17. The molecule has 10 heteroatoms. The van der Waals surface area contributed by atoms with Crippen LogP contribution in [0.15, 0.2) is 42.5 Å². The number of halogens is 1. The van der Waals surface area contributed by atoms with Crippen molar-refractivity contribution in [2.24, 2.45) is 11.8 Å². The van der Waals surface area contributed by atoms with E-state index in [-0.39, 0.29) is 18.2 Å². The summed E-state index contributed by atoms with van der Waals surface area (Å²) in [5.41, 5.74) is 2.01. The van der Waals surface area contributed by atoms with Gasteiger partial charge in [-0.1, -0.05) is 17.7 Å². The molecule has 0 saturated carbocycles. The maximum Gasteiger partial charge on any atom is 0.229 e. The lowest BCUT2D eigenvalue weighted by molar-refractivity contribution is -0.144. The van der Waals surface area contributed by atoms with Gasteiger partial charge in [0.05, 0.1) is 25.1 Å². The molecule has 0 radical (unpaired) electrons. The summed E-state index contributed by atoms with van der Waals surface area (Å²) < 4.78 is 5.14. The normalized spacial score (nSPS) is 24.6. The van der Waals surface area contributed by atoms with E-state index in [4.69, 9.17) is 16.3 Å². The van der Waals surface area contributed by atoms with E-state index >= 15 is 0 Å². The lowest BCUT2D eigenvalue weighted by Gasteiger charge is -2.43. The Hall–Kier alpha value is -3.30. The van der Waals surface area contributed by atoms with E-state index < -0.39 is 30.2 Å². The Balaban J connectivity index is 1.48. The minimum atomic E-state index is -0.832. The number of piperidine rings is 1. The van der Waals surface area contributed by atoms with Gasteiger partial charge >= 0.3 is 0 Å². The van der Waals surface area contributed by atoms with Gasteiger partial charge in [0.25, 0.3) is 0 Å². The van der Waals surface area contributed by atoms with Crippen LogP contribution < -0.4 is 31.3 Å². The van der Waals surface area contributed by atoms with Crippen molar-refractivity contribution in [3.05, 3.63) is 53.1 Å². The smallest absolute Gasteiger partial charge is 0.229 e. The number of carbonyl (C=O) groups excluding carboxylic acids is 3. The lowest BCUT2D eigenvalue weighted by Crippen LogP contribution is -2.72. The molecule has 2 aromatic rings. The molecule has 2 heterocycles. The summed E-state index contributed by atoms with van der Waals surface area (Å²) in [4.78, 5) is 38.3. The first-order valence-corrected chi connectivity index (χ1v) is 10.6. The molecule has 32 heavy (non-hydrogen) atoms. The number of hydrogen-bond acceptors (Lipinski definition) is 6. The number of methoxy groups -OCH3 is 1. The maximum atomic E-state index is 13.0. The molecule has 9 nitrogen and oxygen atoms in total. The highest BCUT2D eigenvalue weighted by Crippen LogP contribution is 2.30.